The Labute approximate surface area is 156 Å². The third-order valence-electron chi connectivity index (χ3n) is 4.22. The van der Waals surface area contributed by atoms with Crippen LogP contribution in [0.3, 0.4) is 0 Å². The maximum Gasteiger partial charge on any atom is 0.193 e. The molecule has 2 atom stereocenters. The SMILES string of the molecule is CC(C)(C)[S+]([O-])/N=C/[C@H](O[Si](C)(C)C(C)(C)C)c1cccc(Cl)c1. The zero-order chi connectivity index (χ0) is 18.8. The fourth-order valence-corrected chi connectivity index (χ4v) is 3.55. The van der Waals surface area contributed by atoms with E-state index in [1.54, 1.807) is 6.21 Å². The molecule has 0 saturated heterocycles. The van der Waals surface area contributed by atoms with Crippen LogP contribution >= 0.6 is 11.6 Å². The maximum atomic E-state index is 12.3. The first kappa shape index (κ1) is 21.7. The van der Waals surface area contributed by atoms with Gasteiger partial charge in [0.1, 0.15) is 22.2 Å². The molecule has 0 aliphatic carbocycles. The van der Waals surface area contributed by atoms with Crippen LogP contribution in [-0.2, 0) is 15.8 Å². The predicted molar refractivity (Wildman–Crippen MR) is 109 cm³/mol. The summed E-state index contributed by atoms with van der Waals surface area (Å²) in [5, 5.41) is 0.725. The molecule has 0 aliphatic heterocycles. The molecule has 0 fully saturated rings. The molecule has 1 unspecified atom stereocenters. The van der Waals surface area contributed by atoms with Crippen LogP contribution in [0.1, 0.15) is 53.2 Å². The predicted octanol–water partition coefficient (Wildman–Crippen LogP) is 5.94. The zero-order valence-corrected chi connectivity index (χ0v) is 18.6. The number of hydrogen-bond acceptors (Lipinski definition) is 3. The van der Waals surface area contributed by atoms with Crippen molar-refractivity contribution in [1.82, 2.24) is 0 Å². The van der Waals surface area contributed by atoms with Gasteiger partial charge in [-0.2, -0.15) is 0 Å². The minimum atomic E-state index is -2.02. The lowest BCUT2D eigenvalue weighted by molar-refractivity contribution is 0.251. The molecule has 0 amide bonds. The van der Waals surface area contributed by atoms with E-state index in [2.05, 4.69) is 38.3 Å². The molecule has 136 valence electrons. The fourth-order valence-electron chi connectivity index (χ4n) is 1.63. The molecule has 3 nitrogen and oxygen atoms in total. The van der Waals surface area contributed by atoms with Crippen LogP contribution in [0.25, 0.3) is 0 Å². The maximum absolute atomic E-state index is 12.3. The van der Waals surface area contributed by atoms with E-state index >= 15 is 0 Å². The molecular weight excluding hydrogens is 358 g/mol. The van der Waals surface area contributed by atoms with Gasteiger partial charge < -0.3 is 8.98 Å². The Morgan fingerprint density at radius 1 is 1.21 bits per heavy atom. The molecule has 0 heterocycles. The van der Waals surface area contributed by atoms with E-state index in [-0.39, 0.29) is 11.1 Å². The van der Waals surface area contributed by atoms with Gasteiger partial charge >= 0.3 is 0 Å². The molecule has 0 N–H and O–H groups in total. The largest absolute Gasteiger partial charge is 0.591 e. The summed E-state index contributed by atoms with van der Waals surface area (Å²) >= 11 is 4.82. The zero-order valence-electron chi connectivity index (χ0n) is 16.0. The molecular formula is C18H30ClNO2SSi. The average molecular weight is 388 g/mol. The standard InChI is InChI=1S/C18H30ClNO2SSi/c1-17(2,3)23(21)20-13-16(14-10-9-11-15(19)12-14)22-24(7,8)18(4,5)6/h9-13,16H,1-8H3/b20-13+/t16-,23?/m0/s1. The quantitative estimate of drug-likeness (QED) is 0.356. The highest BCUT2D eigenvalue weighted by molar-refractivity contribution is 7.91. The molecule has 1 aromatic rings. The highest BCUT2D eigenvalue weighted by Gasteiger charge is 2.39. The van der Waals surface area contributed by atoms with Crippen LogP contribution in [0.5, 0.6) is 0 Å². The highest BCUT2D eigenvalue weighted by Crippen LogP contribution is 2.39. The Morgan fingerprint density at radius 2 is 1.79 bits per heavy atom. The van der Waals surface area contributed by atoms with Gasteiger partial charge in [-0.25, -0.2) is 0 Å². The summed E-state index contributed by atoms with van der Waals surface area (Å²) in [4.78, 5) is 0. The first-order valence-electron chi connectivity index (χ1n) is 8.13. The van der Waals surface area contributed by atoms with E-state index in [1.165, 1.54) is 0 Å². The first-order valence-corrected chi connectivity index (χ1v) is 12.5. The molecule has 24 heavy (non-hydrogen) atoms. The molecule has 0 saturated carbocycles. The van der Waals surface area contributed by atoms with Gasteiger partial charge in [0, 0.05) is 5.02 Å². The van der Waals surface area contributed by atoms with E-state index in [0.29, 0.717) is 5.02 Å². The normalized spacial score (nSPS) is 16.4. The van der Waals surface area contributed by atoms with Crippen molar-refractivity contribution in [3.05, 3.63) is 34.9 Å². The van der Waals surface area contributed by atoms with Crippen LogP contribution < -0.4 is 0 Å². The van der Waals surface area contributed by atoms with Gasteiger partial charge in [0.05, 0.1) is 6.21 Å². The van der Waals surface area contributed by atoms with E-state index < -0.39 is 24.4 Å². The van der Waals surface area contributed by atoms with Crippen molar-refractivity contribution < 1.29 is 8.98 Å². The molecule has 1 rings (SSSR count). The number of hydrogen-bond donors (Lipinski definition) is 0. The van der Waals surface area contributed by atoms with Gasteiger partial charge in [0.25, 0.3) is 0 Å². The summed E-state index contributed by atoms with van der Waals surface area (Å²) < 4.78 is 22.6. The van der Waals surface area contributed by atoms with Crippen molar-refractivity contribution in [1.29, 1.82) is 0 Å². The van der Waals surface area contributed by atoms with Crippen LogP contribution in [0.2, 0.25) is 23.2 Å². The van der Waals surface area contributed by atoms with Crippen molar-refractivity contribution in [3.8, 4) is 0 Å². The van der Waals surface area contributed by atoms with E-state index in [4.69, 9.17) is 16.0 Å². The van der Waals surface area contributed by atoms with Crippen molar-refractivity contribution in [3.63, 3.8) is 0 Å². The average Bonchev–Trinajstić information content (AvgIpc) is 2.40. The summed E-state index contributed by atoms with van der Waals surface area (Å²) in [7, 11) is -2.02. The van der Waals surface area contributed by atoms with Crippen LogP contribution in [0.15, 0.2) is 28.7 Å². The number of halogens is 1. The van der Waals surface area contributed by atoms with Gasteiger partial charge in [-0.3, -0.25) is 0 Å². The summed E-state index contributed by atoms with van der Waals surface area (Å²) in [5.41, 5.74) is 0.932. The number of nitrogens with zero attached hydrogens (tertiary/aromatic N) is 1. The minimum Gasteiger partial charge on any atom is -0.591 e. The van der Waals surface area contributed by atoms with Gasteiger partial charge in [0.2, 0.25) is 0 Å². The van der Waals surface area contributed by atoms with Crippen molar-refractivity contribution >= 4 is 37.5 Å². The lowest BCUT2D eigenvalue weighted by Crippen LogP contribution is -2.42. The molecule has 0 spiro atoms. The third-order valence-corrected chi connectivity index (χ3v) is 10.3. The Kier molecular flexibility index (Phi) is 7.16. The van der Waals surface area contributed by atoms with Crippen LogP contribution in [0, 0.1) is 0 Å². The lowest BCUT2D eigenvalue weighted by Gasteiger charge is -2.38. The monoisotopic (exact) mass is 387 g/mol. The van der Waals surface area contributed by atoms with E-state index in [1.807, 2.05) is 45.0 Å². The lowest BCUT2D eigenvalue weighted by atomic mass is 10.1. The van der Waals surface area contributed by atoms with Crippen molar-refractivity contribution in [2.75, 3.05) is 0 Å². The van der Waals surface area contributed by atoms with Crippen molar-refractivity contribution in [2.45, 2.75) is 70.5 Å². The summed E-state index contributed by atoms with van der Waals surface area (Å²) in [6, 6.07) is 7.58. The second-order valence-corrected chi connectivity index (χ2v) is 15.6. The van der Waals surface area contributed by atoms with Gasteiger partial charge in [0.15, 0.2) is 8.32 Å². The first-order chi connectivity index (χ1) is 10.7. The molecule has 0 aliphatic rings. The molecule has 0 aromatic heterocycles. The highest BCUT2D eigenvalue weighted by atomic mass is 35.5. The van der Waals surface area contributed by atoms with Crippen LogP contribution in [-0.4, -0.2) is 23.8 Å². The fraction of sp³-hybridized carbons (Fsp3) is 0.611. The summed E-state index contributed by atoms with van der Waals surface area (Å²) in [6.45, 7) is 16.7. The van der Waals surface area contributed by atoms with Crippen LogP contribution in [0.4, 0.5) is 0 Å². The second kappa shape index (κ2) is 7.91. The van der Waals surface area contributed by atoms with Gasteiger partial charge in [-0.05, 0) is 56.6 Å². The topological polar surface area (TPSA) is 44.7 Å². The summed E-state index contributed by atoms with van der Waals surface area (Å²) in [6.07, 6.45) is 1.32. The third kappa shape index (κ3) is 6.19. The summed E-state index contributed by atoms with van der Waals surface area (Å²) in [5.74, 6) is 0. The van der Waals surface area contributed by atoms with Crippen molar-refractivity contribution in [2.24, 2.45) is 4.40 Å². The minimum absolute atomic E-state index is 0.0703. The Bertz CT molecular complexity index is 579. The molecule has 0 bridgehead atoms. The number of benzene rings is 1. The molecule has 6 heteroatoms. The Hall–Kier alpha value is -0.333. The van der Waals surface area contributed by atoms with Gasteiger partial charge in [-0.1, -0.05) is 48.9 Å². The molecule has 1 aromatic carbocycles. The van der Waals surface area contributed by atoms with E-state index in [9.17, 15) is 4.55 Å². The van der Waals surface area contributed by atoms with Gasteiger partial charge in [-0.15, -0.1) is 0 Å². The Balaban J connectivity index is 3.16. The smallest absolute Gasteiger partial charge is 0.193 e. The second-order valence-electron chi connectivity index (χ2n) is 8.47. The van der Waals surface area contributed by atoms with E-state index in [0.717, 1.165) is 5.56 Å². The number of rotatable bonds is 5. The molecule has 0 radical (unpaired) electrons. The Morgan fingerprint density at radius 3 is 2.25 bits per heavy atom.